The van der Waals surface area contributed by atoms with Gasteiger partial charge in [-0.25, -0.2) is 4.98 Å². The molecule has 16 heavy (non-hydrogen) atoms. The lowest BCUT2D eigenvalue weighted by Gasteiger charge is -2.12. The molecule has 1 N–H and O–H groups in total. The van der Waals surface area contributed by atoms with Gasteiger partial charge in [0.15, 0.2) is 0 Å². The van der Waals surface area contributed by atoms with Gasteiger partial charge in [0.2, 0.25) is 0 Å². The van der Waals surface area contributed by atoms with E-state index in [1.807, 2.05) is 19.2 Å². The quantitative estimate of drug-likeness (QED) is 0.882. The second kappa shape index (κ2) is 5.18. The Bertz CT molecular complexity index is 439. The summed E-state index contributed by atoms with van der Waals surface area (Å²) in [6.07, 6.45) is 3.69. The minimum Gasteiger partial charge on any atom is -0.304 e. The van der Waals surface area contributed by atoms with Crippen LogP contribution in [0.3, 0.4) is 0 Å². The molecule has 0 amide bonds. The Morgan fingerprint density at radius 1 is 1.50 bits per heavy atom. The molecule has 2 aromatic heterocycles. The van der Waals surface area contributed by atoms with Gasteiger partial charge >= 0.3 is 0 Å². The van der Waals surface area contributed by atoms with Gasteiger partial charge in [-0.2, -0.15) is 0 Å². The number of hydrogen-bond acceptors (Lipinski definition) is 4. The number of nitrogens with one attached hydrogen (secondary N) is 1. The van der Waals surface area contributed by atoms with E-state index >= 15 is 0 Å². The van der Waals surface area contributed by atoms with Crippen molar-refractivity contribution in [3.05, 3.63) is 46.2 Å². The van der Waals surface area contributed by atoms with Gasteiger partial charge in [-0.15, -0.1) is 11.3 Å². The van der Waals surface area contributed by atoms with E-state index in [-0.39, 0.29) is 0 Å². The largest absolute Gasteiger partial charge is 0.304 e. The van der Waals surface area contributed by atoms with Crippen LogP contribution < -0.4 is 5.32 Å². The lowest BCUT2D eigenvalue weighted by atomic mass is 10.1. The fraction of sp³-hybridized carbons (Fsp3) is 0.333. The zero-order valence-electron chi connectivity index (χ0n) is 9.47. The summed E-state index contributed by atoms with van der Waals surface area (Å²) in [4.78, 5) is 8.53. The zero-order chi connectivity index (χ0) is 11.4. The van der Waals surface area contributed by atoms with E-state index < -0.39 is 0 Å². The van der Waals surface area contributed by atoms with Crippen molar-refractivity contribution in [2.24, 2.45) is 0 Å². The number of rotatable bonds is 4. The van der Waals surface area contributed by atoms with Crippen molar-refractivity contribution in [2.75, 3.05) is 0 Å². The van der Waals surface area contributed by atoms with Crippen molar-refractivity contribution >= 4 is 11.3 Å². The van der Waals surface area contributed by atoms with E-state index in [0.29, 0.717) is 6.04 Å². The molecular formula is C12H15N3S. The summed E-state index contributed by atoms with van der Waals surface area (Å²) < 4.78 is 0. The van der Waals surface area contributed by atoms with Crippen molar-refractivity contribution in [3.63, 3.8) is 0 Å². The highest BCUT2D eigenvalue weighted by Gasteiger charge is 2.05. The maximum Gasteiger partial charge on any atom is 0.107 e. The highest BCUT2D eigenvalue weighted by Crippen LogP contribution is 2.13. The van der Waals surface area contributed by atoms with Crippen LogP contribution in [0.2, 0.25) is 0 Å². The smallest absolute Gasteiger partial charge is 0.107 e. The van der Waals surface area contributed by atoms with Gasteiger partial charge in [0.25, 0.3) is 0 Å². The van der Waals surface area contributed by atoms with E-state index in [9.17, 15) is 0 Å². The van der Waals surface area contributed by atoms with Crippen LogP contribution in [0.1, 0.15) is 29.2 Å². The summed E-state index contributed by atoms with van der Waals surface area (Å²) in [5.41, 5.74) is 2.30. The number of thiazole rings is 1. The lowest BCUT2D eigenvalue weighted by molar-refractivity contribution is 0.571. The summed E-state index contributed by atoms with van der Waals surface area (Å²) in [7, 11) is 0. The van der Waals surface area contributed by atoms with E-state index in [0.717, 1.165) is 17.2 Å². The molecule has 0 saturated carbocycles. The molecule has 0 fully saturated rings. The molecule has 0 aliphatic carbocycles. The van der Waals surface area contributed by atoms with Crippen LogP contribution in [-0.2, 0) is 6.54 Å². The SMILES string of the molecule is Cc1csc(CN[C@H](C)c2cccnc2)n1. The van der Waals surface area contributed by atoms with Crippen molar-refractivity contribution in [1.82, 2.24) is 15.3 Å². The Morgan fingerprint density at radius 2 is 2.38 bits per heavy atom. The van der Waals surface area contributed by atoms with Gasteiger partial charge in [0, 0.05) is 36.1 Å². The van der Waals surface area contributed by atoms with Crippen LogP contribution in [0.4, 0.5) is 0 Å². The molecule has 84 valence electrons. The molecule has 0 spiro atoms. The molecule has 0 bridgehead atoms. The van der Waals surface area contributed by atoms with E-state index in [4.69, 9.17) is 0 Å². The minimum absolute atomic E-state index is 0.304. The van der Waals surface area contributed by atoms with Gasteiger partial charge in [-0.3, -0.25) is 4.98 Å². The van der Waals surface area contributed by atoms with Gasteiger partial charge < -0.3 is 5.32 Å². The summed E-state index contributed by atoms with van der Waals surface area (Å²) in [5.74, 6) is 0. The molecule has 0 unspecified atom stereocenters. The van der Waals surface area contributed by atoms with E-state index in [1.54, 1.807) is 17.5 Å². The van der Waals surface area contributed by atoms with Crippen LogP contribution in [0.5, 0.6) is 0 Å². The van der Waals surface area contributed by atoms with Crippen molar-refractivity contribution in [2.45, 2.75) is 26.4 Å². The number of aryl methyl sites for hydroxylation is 1. The van der Waals surface area contributed by atoms with Crippen LogP contribution in [0.25, 0.3) is 0 Å². The third-order valence-electron chi connectivity index (χ3n) is 2.41. The minimum atomic E-state index is 0.304. The lowest BCUT2D eigenvalue weighted by Crippen LogP contribution is -2.18. The summed E-state index contributed by atoms with van der Waals surface area (Å²) in [5, 5.41) is 6.64. The first-order valence-electron chi connectivity index (χ1n) is 5.30. The average Bonchev–Trinajstić information content (AvgIpc) is 2.73. The van der Waals surface area contributed by atoms with E-state index in [2.05, 4.69) is 33.7 Å². The first-order valence-corrected chi connectivity index (χ1v) is 6.18. The highest BCUT2D eigenvalue weighted by molar-refractivity contribution is 7.09. The van der Waals surface area contributed by atoms with Gasteiger partial charge in [-0.1, -0.05) is 6.07 Å². The molecular weight excluding hydrogens is 218 g/mol. The highest BCUT2D eigenvalue weighted by atomic mass is 32.1. The Kier molecular flexibility index (Phi) is 3.64. The Balaban J connectivity index is 1.91. The summed E-state index contributed by atoms with van der Waals surface area (Å²) >= 11 is 1.70. The first kappa shape index (κ1) is 11.2. The Morgan fingerprint density at radius 3 is 3.00 bits per heavy atom. The first-order chi connectivity index (χ1) is 7.75. The summed E-state index contributed by atoms with van der Waals surface area (Å²) in [6.45, 7) is 4.97. The zero-order valence-corrected chi connectivity index (χ0v) is 10.3. The van der Waals surface area contributed by atoms with Crippen molar-refractivity contribution in [3.8, 4) is 0 Å². The average molecular weight is 233 g/mol. The number of nitrogens with zero attached hydrogens (tertiary/aromatic N) is 2. The standard InChI is InChI=1S/C12H15N3S/c1-9-8-16-12(15-9)7-14-10(2)11-4-3-5-13-6-11/h3-6,8,10,14H,7H2,1-2H3/t10-/m1/s1. The molecule has 2 aromatic rings. The van der Waals surface area contributed by atoms with Crippen LogP contribution in [0.15, 0.2) is 29.9 Å². The molecule has 2 heterocycles. The van der Waals surface area contributed by atoms with Crippen LogP contribution >= 0.6 is 11.3 Å². The Hall–Kier alpha value is -1.26. The molecule has 1 atom stereocenters. The molecule has 0 aromatic carbocycles. The van der Waals surface area contributed by atoms with Gasteiger partial charge in [0.05, 0.1) is 0 Å². The molecule has 0 radical (unpaired) electrons. The van der Waals surface area contributed by atoms with Gasteiger partial charge in [0.1, 0.15) is 5.01 Å². The third-order valence-corrected chi connectivity index (χ3v) is 3.38. The molecule has 0 saturated heterocycles. The predicted octanol–water partition coefficient (Wildman–Crippen LogP) is 2.70. The molecule has 3 nitrogen and oxygen atoms in total. The number of hydrogen-bond donors (Lipinski definition) is 1. The van der Waals surface area contributed by atoms with Crippen LogP contribution in [0, 0.1) is 6.92 Å². The topological polar surface area (TPSA) is 37.8 Å². The monoisotopic (exact) mass is 233 g/mol. The molecule has 0 aliphatic heterocycles. The number of aromatic nitrogens is 2. The summed E-state index contributed by atoms with van der Waals surface area (Å²) in [6, 6.07) is 4.34. The second-order valence-electron chi connectivity index (χ2n) is 3.77. The van der Waals surface area contributed by atoms with E-state index in [1.165, 1.54) is 5.56 Å². The Labute approximate surface area is 99.6 Å². The van der Waals surface area contributed by atoms with Crippen molar-refractivity contribution in [1.29, 1.82) is 0 Å². The maximum atomic E-state index is 4.42. The third kappa shape index (κ3) is 2.87. The molecule has 4 heteroatoms. The second-order valence-corrected chi connectivity index (χ2v) is 4.71. The van der Waals surface area contributed by atoms with Gasteiger partial charge in [-0.05, 0) is 25.5 Å². The number of pyridine rings is 1. The van der Waals surface area contributed by atoms with Crippen molar-refractivity contribution < 1.29 is 0 Å². The fourth-order valence-electron chi connectivity index (χ4n) is 1.47. The molecule has 2 rings (SSSR count). The predicted molar refractivity (Wildman–Crippen MR) is 66.3 cm³/mol. The van der Waals surface area contributed by atoms with Crippen LogP contribution in [-0.4, -0.2) is 9.97 Å². The normalized spacial score (nSPS) is 12.6. The maximum absolute atomic E-state index is 4.42. The molecule has 0 aliphatic rings. The fourth-order valence-corrected chi connectivity index (χ4v) is 2.20.